The van der Waals surface area contributed by atoms with E-state index >= 15 is 0 Å². The number of nitrogen functional groups attached to an aromatic ring is 1. The number of benzene rings is 1. The molecule has 6 nitrogen and oxygen atoms in total. The molecule has 22 heavy (non-hydrogen) atoms. The zero-order chi connectivity index (χ0) is 15.7. The summed E-state index contributed by atoms with van der Waals surface area (Å²) in [6.45, 7) is 2.14. The lowest BCUT2D eigenvalue weighted by Crippen LogP contribution is -2.03. The van der Waals surface area contributed by atoms with Gasteiger partial charge in [0.05, 0.1) is 12.6 Å². The Bertz CT molecular complexity index is 830. The molecule has 3 rings (SSSR count). The van der Waals surface area contributed by atoms with Crippen molar-refractivity contribution in [1.29, 1.82) is 0 Å². The molecule has 0 radical (unpaired) electrons. The molecular weight excluding hydrogens is 285 g/mol. The highest BCUT2D eigenvalue weighted by atomic mass is 19.1. The van der Waals surface area contributed by atoms with Crippen molar-refractivity contribution < 1.29 is 9.13 Å². The number of hydrogen-bond donors (Lipinski definition) is 1. The Morgan fingerprint density at radius 3 is 2.82 bits per heavy atom. The lowest BCUT2D eigenvalue weighted by atomic mass is 10.2. The molecule has 0 spiro atoms. The van der Waals surface area contributed by atoms with Gasteiger partial charge in [-0.15, -0.1) is 5.10 Å². The first kappa shape index (κ1) is 14.5. The summed E-state index contributed by atoms with van der Waals surface area (Å²) < 4.78 is 20.4. The smallest absolute Gasteiger partial charge is 0.223 e. The summed E-state index contributed by atoms with van der Waals surface area (Å²) in [5.41, 5.74) is 7.00. The summed E-state index contributed by atoms with van der Waals surface area (Å²) in [5, 5.41) is 4.94. The molecule has 0 amide bonds. The Morgan fingerprint density at radius 1 is 1.27 bits per heavy atom. The fraction of sp³-hybridized carbons (Fsp3) is 0.400. The normalized spacial score (nSPS) is 11.4. The fourth-order valence-corrected chi connectivity index (χ4v) is 2.47. The van der Waals surface area contributed by atoms with Crippen LogP contribution in [0.2, 0.25) is 0 Å². The van der Waals surface area contributed by atoms with Crippen LogP contribution in [0.25, 0.3) is 16.6 Å². The van der Waals surface area contributed by atoms with Crippen LogP contribution < -0.4 is 10.5 Å². The van der Waals surface area contributed by atoms with Crippen LogP contribution in [-0.2, 0) is 6.42 Å². The zero-order valence-corrected chi connectivity index (χ0v) is 12.6. The number of methoxy groups -OCH3 is 1. The van der Waals surface area contributed by atoms with Crippen LogP contribution in [0.5, 0.6) is 5.75 Å². The third-order valence-electron chi connectivity index (χ3n) is 3.62. The number of rotatable bonds is 5. The van der Waals surface area contributed by atoms with Gasteiger partial charge in [0.2, 0.25) is 5.95 Å². The van der Waals surface area contributed by atoms with Gasteiger partial charge in [-0.2, -0.15) is 4.52 Å². The highest BCUT2D eigenvalue weighted by molar-refractivity contribution is 5.93. The molecule has 2 N–H and O–H groups in total. The predicted octanol–water partition coefficient (Wildman–Crippen LogP) is 2.74. The second-order valence-electron chi connectivity index (χ2n) is 5.19. The van der Waals surface area contributed by atoms with Gasteiger partial charge in [-0.25, -0.2) is 14.4 Å². The predicted molar refractivity (Wildman–Crippen MR) is 82.4 cm³/mol. The first-order valence-corrected chi connectivity index (χ1v) is 7.32. The average molecular weight is 303 g/mol. The number of hydrogen-bond acceptors (Lipinski definition) is 5. The van der Waals surface area contributed by atoms with Crippen LogP contribution in [0.4, 0.5) is 10.3 Å². The van der Waals surface area contributed by atoms with Gasteiger partial charge in [-0.05, 0) is 12.5 Å². The quantitative estimate of drug-likeness (QED) is 0.733. The molecule has 0 bridgehead atoms. The molecule has 0 atom stereocenters. The molecule has 116 valence electrons. The van der Waals surface area contributed by atoms with Gasteiger partial charge >= 0.3 is 0 Å². The monoisotopic (exact) mass is 303 g/mol. The van der Waals surface area contributed by atoms with Crippen molar-refractivity contribution in [2.45, 2.75) is 32.6 Å². The summed E-state index contributed by atoms with van der Waals surface area (Å²) in [7, 11) is 1.41. The van der Waals surface area contributed by atoms with E-state index in [-0.39, 0.29) is 11.7 Å². The molecule has 0 aliphatic rings. The third-order valence-corrected chi connectivity index (χ3v) is 3.62. The van der Waals surface area contributed by atoms with E-state index < -0.39 is 5.82 Å². The topological polar surface area (TPSA) is 78.3 Å². The molecule has 0 saturated heterocycles. The van der Waals surface area contributed by atoms with Gasteiger partial charge < -0.3 is 10.5 Å². The molecule has 2 aromatic heterocycles. The molecule has 1 aromatic carbocycles. The average Bonchev–Trinajstić information content (AvgIpc) is 2.93. The molecule has 3 aromatic rings. The highest BCUT2D eigenvalue weighted by Gasteiger charge is 2.14. The first-order chi connectivity index (χ1) is 10.6. The number of aromatic nitrogens is 4. The van der Waals surface area contributed by atoms with E-state index in [1.54, 1.807) is 0 Å². The number of nitrogens with zero attached hydrogens (tertiary/aromatic N) is 4. The Labute approximate surface area is 127 Å². The van der Waals surface area contributed by atoms with E-state index in [9.17, 15) is 4.39 Å². The maximum atomic E-state index is 14.0. The minimum atomic E-state index is -0.459. The Balaban J connectivity index is 2.15. The van der Waals surface area contributed by atoms with Crippen molar-refractivity contribution >= 4 is 22.5 Å². The van der Waals surface area contributed by atoms with Crippen LogP contribution in [0.3, 0.4) is 0 Å². The molecule has 0 aliphatic heterocycles. The van der Waals surface area contributed by atoms with Crippen LogP contribution in [0.15, 0.2) is 12.1 Å². The van der Waals surface area contributed by atoms with Crippen molar-refractivity contribution in [2.75, 3.05) is 12.8 Å². The van der Waals surface area contributed by atoms with E-state index in [4.69, 9.17) is 10.5 Å². The van der Waals surface area contributed by atoms with Crippen LogP contribution in [-0.4, -0.2) is 26.7 Å². The molecule has 0 unspecified atom stereocenters. The highest BCUT2D eigenvalue weighted by Crippen LogP contribution is 2.27. The number of ether oxygens (including phenoxy) is 1. The Kier molecular flexibility index (Phi) is 3.79. The SMILES string of the molecule is CCCCCc1nc2c3cc(F)c(OC)cc3nc(N)n2n1. The number of halogens is 1. The number of anilines is 1. The van der Waals surface area contributed by atoms with Gasteiger partial charge in [-0.1, -0.05) is 19.8 Å². The summed E-state index contributed by atoms with van der Waals surface area (Å²) in [6, 6.07) is 2.88. The van der Waals surface area contributed by atoms with Crippen LogP contribution in [0.1, 0.15) is 32.0 Å². The number of unbranched alkanes of at least 4 members (excludes halogenated alkanes) is 2. The first-order valence-electron chi connectivity index (χ1n) is 7.32. The van der Waals surface area contributed by atoms with Crippen molar-refractivity contribution in [1.82, 2.24) is 19.6 Å². The number of aryl methyl sites for hydroxylation is 1. The number of fused-ring (bicyclic) bond motifs is 3. The minimum Gasteiger partial charge on any atom is -0.494 e. The molecular formula is C15H18FN5O. The second kappa shape index (κ2) is 5.75. The van der Waals surface area contributed by atoms with Crippen molar-refractivity contribution in [3.05, 3.63) is 23.8 Å². The maximum absolute atomic E-state index is 14.0. The van der Waals surface area contributed by atoms with E-state index in [0.717, 1.165) is 25.7 Å². The van der Waals surface area contributed by atoms with Gasteiger partial charge in [0.15, 0.2) is 23.0 Å². The molecule has 0 saturated carbocycles. The zero-order valence-electron chi connectivity index (χ0n) is 12.6. The van der Waals surface area contributed by atoms with Crippen LogP contribution in [0, 0.1) is 5.82 Å². The standard InChI is InChI=1S/C15H18FN5O/c1-3-4-5-6-13-19-14-9-7-10(16)12(22-2)8-11(9)18-15(17)21(14)20-13/h7-8H,3-6H2,1-2H3,(H2,17,18). The van der Waals surface area contributed by atoms with E-state index in [2.05, 4.69) is 22.0 Å². The summed E-state index contributed by atoms with van der Waals surface area (Å²) >= 11 is 0. The Morgan fingerprint density at radius 2 is 2.09 bits per heavy atom. The van der Waals surface area contributed by atoms with Crippen molar-refractivity contribution in [3.8, 4) is 5.75 Å². The van der Waals surface area contributed by atoms with Gasteiger partial charge in [-0.3, -0.25) is 0 Å². The van der Waals surface area contributed by atoms with E-state index in [0.29, 0.717) is 22.4 Å². The lowest BCUT2D eigenvalue weighted by Gasteiger charge is -2.05. The summed E-state index contributed by atoms with van der Waals surface area (Å²) in [4.78, 5) is 8.75. The number of nitrogens with two attached hydrogens (primary N) is 1. The van der Waals surface area contributed by atoms with E-state index in [1.165, 1.54) is 23.8 Å². The fourth-order valence-electron chi connectivity index (χ4n) is 2.47. The minimum absolute atomic E-state index is 0.131. The van der Waals surface area contributed by atoms with Crippen LogP contribution >= 0.6 is 0 Å². The summed E-state index contributed by atoms with van der Waals surface area (Å²) in [6.07, 6.45) is 4.04. The lowest BCUT2D eigenvalue weighted by molar-refractivity contribution is 0.387. The van der Waals surface area contributed by atoms with Gasteiger partial charge in [0.25, 0.3) is 0 Å². The molecule has 2 heterocycles. The molecule has 0 aliphatic carbocycles. The Hall–Kier alpha value is -2.44. The second-order valence-corrected chi connectivity index (χ2v) is 5.19. The summed E-state index contributed by atoms with van der Waals surface area (Å²) in [5.74, 6) is 0.599. The maximum Gasteiger partial charge on any atom is 0.223 e. The van der Waals surface area contributed by atoms with E-state index in [1.807, 2.05) is 0 Å². The van der Waals surface area contributed by atoms with Gasteiger partial charge in [0.1, 0.15) is 0 Å². The third kappa shape index (κ3) is 2.43. The molecule has 0 fully saturated rings. The molecule has 7 heteroatoms. The van der Waals surface area contributed by atoms with Crippen molar-refractivity contribution in [3.63, 3.8) is 0 Å². The van der Waals surface area contributed by atoms with Crippen molar-refractivity contribution in [2.24, 2.45) is 0 Å². The van der Waals surface area contributed by atoms with Gasteiger partial charge in [0, 0.05) is 17.9 Å². The largest absolute Gasteiger partial charge is 0.494 e.